The van der Waals surface area contributed by atoms with Crippen LogP contribution in [0.4, 0.5) is 0 Å². The van der Waals surface area contributed by atoms with Gasteiger partial charge in [0.1, 0.15) is 0 Å². The number of imidazole rings is 1. The van der Waals surface area contributed by atoms with Crippen LogP contribution in [0.1, 0.15) is 33.2 Å². The van der Waals surface area contributed by atoms with E-state index in [9.17, 15) is 11.0 Å². The van der Waals surface area contributed by atoms with Crippen molar-refractivity contribution >= 4 is 27.3 Å². The Hall–Kier alpha value is -8.15. The number of nitrogens with zero attached hydrogens (tertiary/aromatic N) is 5. The van der Waals surface area contributed by atoms with Crippen molar-refractivity contribution in [2.75, 3.05) is 0 Å². The summed E-state index contributed by atoms with van der Waals surface area (Å²) in [7, 11) is 0. The minimum absolute atomic E-state index is 0. The summed E-state index contributed by atoms with van der Waals surface area (Å²) in [6.45, 7) is 0. The van der Waals surface area contributed by atoms with E-state index in [4.69, 9.17) is 4.98 Å². The van der Waals surface area contributed by atoms with Crippen LogP contribution in [0.5, 0.6) is 0 Å². The summed E-state index contributed by atoms with van der Waals surface area (Å²) < 4.78 is 79.3. The van der Waals surface area contributed by atoms with Crippen LogP contribution >= 0.6 is 0 Å². The van der Waals surface area contributed by atoms with E-state index in [0.717, 1.165) is 44.1 Å². The molecule has 5 aromatic heterocycles. The third kappa shape index (κ3) is 8.87. The van der Waals surface area contributed by atoms with Crippen LogP contribution in [0.2, 0.25) is 0 Å². The molecule has 334 valence electrons. The first-order valence-electron chi connectivity index (χ1n) is 26.6. The van der Waals surface area contributed by atoms with E-state index in [2.05, 4.69) is 69.5 Å². The molecule has 0 aliphatic heterocycles. The molecule has 5 nitrogen and oxygen atoms in total. The number of pyridine rings is 4. The van der Waals surface area contributed by atoms with Crippen molar-refractivity contribution in [2.45, 2.75) is 25.5 Å². The summed E-state index contributed by atoms with van der Waals surface area (Å²) in [5.41, 5.74) is 10.2. The zero-order valence-corrected chi connectivity index (χ0v) is 39.7. The Kier molecular flexibility index (Phi) is 10.2. The Morgan fingerprint density at radius 1 is 0.443 bits per heavy atom. The monoisotopic (exact) mass is 1080 g/mol. The third-order valence-electron chi connectivity index (χ3n) is 12.2. The fourth-order valence-corrected chi connectivity index (χ4v) is 8.94. The molecule has 12 rings (SSSR count). The quantitative estimate of drug-likeness (QED) is 0.0904. The van der Waals surface area contributed by atoms with Crippen molar-refractivity contribution in [1.82, 2.24) is 24.3 Å². The molecule has 12 aromatic rings. The maximum Gasteiger partial charge on any atom is 3.00 e. The first-order valence-corrected chi connectivity index (χ1v) is 22.6. The van der Waals surface area contributed by atoms with E-state index in [1.165, 1.54) is 30.6 Å². The number of rotatable bonds is 12. The molecule has 0 radical (unpaired) electrons. The van der Waals surface area contributed by atoms with Crippen LogP contribution in [0, 0.1) is 18.2 Å². The van der Waals surface area contributed by atoms with E-state index < -0.39 is 25.5 Å². The van der Waals surface area contributed by atoms with Crippen LogP contribution < -0.4 is 0 Å². The van der Waals surface area contributed by atoms with E-state index >= 15 is 0 Å². The molecule has 0 aliphatic rings. The van der Waals surface area contributed by atoms with Gasteiger partial charge in [-0.05, 0) is 92.5 Å². The normalized spacial score (nSPS) is 13.8. The molecule has 0 bridgehead atoms. The van der Waals surface area contributed by atoms with Gasteiger partial charge in [-0.1, -0.05) is 127 Å². The molecule has 6 heteroatoms. The van der Waals surface area contributed by atoms with Gasteiger partial charge in [0.05, 0.1) is 6.33 Å². The van der Waals surface area contributed by atoms with Gasteiger partial charge in [0, 0.05) is 63.4 Å². The number of hydrogen-bond donors (Lipinski definition) is 0. The molecule has 0 unspecified atom stereocenters. The number of fused-ring (bicyclic) bond motifs is 6. The molecule has 0 amide bonds. The van der Waals surface area contributed by atoms with Gasteiger partial charge in [0.15, 0.2) is 0 Å². The van der Waals surface area contributed by atoms with Gasteiger partial charge in [-0.15, -0.1) is 101 Å². The van der Waals surface area contributed by atoms with Gasteiger partial charge in [0.2, 0.25) is 0 Å². The van der Waals surface area contributed by atoms with Gasteiger partial charge < -0.3 is 19.4 Å². The first-order chi connectivity index (χ1) is 37.2. The molecule has 5 heterocycles. The number of aryl methyl sites for hydroxylation is 4. The van der Waals surface area contributed by atoms with Gasteiger partial charge in [-0.2, -0.15) is 0 Å². The SMILES string of the molecule is [2H]C([2H])(c1ccc(-c2[c-]cccc2)nc1)C([2H])([2H])c1cc(-c2ccccc2-c2cnc3c4[c-]cccc4c4cncn4c3c2-c2ccc(-c3ccccc3)cc2)cc(C([2H])([2H])C([2H])([2H])c2ccc(-c3[c-]cccc3)nc2)c1.[Ir+3]. The molecule has 70 heavy (non-hydrogen) atoms. The molecule has 0 spiro atoms. The Balaban J connectivity index is 0.00000645. The summed E-state index contributed by atoms with van der Waals surface area (Å²) >= 11 is 0. The van der Waals surface area contributed by atoms with Crippen molar-refractivity contribution < 1.29 is 31.1 Å². The largest absolute Gasteiger partial charge is 3.00 e. The molecule has 0 saturated carbocycles. The van der Waals surface area contributed by atoms with Crippen LogP contribution in [-0.4, -0.2) is 24.3 Å². The first kappa shape index (κ1) is 35.9. The molecule has 0 N–H and O–H groups in total. The third-order valence-corrected chi connectivity index (χ3v) is 12.2. The summed E-state index contributed by atoms with van der Waals surface area (Å²) in [5, 5.41) is 1.74. The number of aromatic nitrogens is 5. The maximum absolute atomic E-state index is 9.78. The summed E-state index contributed by atoms with van der Waals surface area (Å²) in [4.78, 5) is 18.8. The van der Waals surface area contributed by atoms with E-state index in [0.29, 0.717) is 50.3 Å². The second-order valence-corrected chi connectivity index (χ2v) is 16.6. The van der Waals surface area contributed by atoms with Crippen molar-refractivity contribution in [3.05, 3.63) is 260 Å². The Bertz CT molecular complexity index is 4020. The topological polar surface area (TPSA) is 56.0 Å². The predicted octanol–water partition coefficient (Wildman–Crippen LogP) is 14.8. The Morgan fingerprint density at radius 2 is 1.03 bits per heavy atom. The van der Waals surface area contributed by atoms with Crippen molar-refractivity contribution in [3.63, 3.8) is 0 Å². The van der Waals surface area contributed by atoms with E-state index in [-0.39, 0.29) is 42.4 Å². The minimum atomic E-state index is -2.85. The average Bonchev–Trinajstić information content (AvgIpc) is 4.16. The molecule has 0 atom stereocenters. The summed E-state index contributed by atoms with van der Waals surface area (Å²) in [6, 6.07) is 66.6. The zero-order chi connectivity index (χ0) is 53.1. The predicted molar refractivity (Wildman–Crippen MR) is 280 cm³/mol. The summed E-state index contributed by atoms with van der Waals surface area (Å²) in [5.74, 6) is 0. The molecule has 7 aromatic carbocycles. The summed E-state index contributed by atoms with van der Waals surface area (Å²) in [6.07, 6.45) is -3.15. The van der Waals surface area contributed by atoms with Gasteiger partial charge in [-0.3, -0.25) is 0 Å². The second-order valence-electron chi connectivity index (χ2n) is 16.6. The van der Waals surface area contributed by atoms with Crippen LogP contribution in [0.3, 0.4) is 0 Å². The van der Waals surface area contributed by atoms with Gasteiger partial charge in [-0.25, -0.2) is 4.98 Å². The van der Waals surface area contributed by atoms with Crippen LogP contribution in [0.25, 0.3) is 94.3 Å². The fraction of sp³-hybridized carbons (Fsp3) is 0.0625. The molecule has 0 aliphatic carbocycles. The Labute approximate surface area is 432 Å². The number of hydrogen-bond acceptors (Lipinski definition) is 4. The molecular formula is C64H44IrN5. The van der Waals surface area contributed by atoms with Gasteiger partial charge in [0.25, 0.3) is 0 Å². The fourth-order valence-electron chi connectivity index (χ4n) is 8.94. The molecule has 0 fully saturated rings. The van der Waals surface area contributed by atoms with Gasteiger partial charge >= 0.3 is 20.1 Å². The van der Waals surface area contributed by atoms with E-state index in [1.54, 1.807) is 42.7 Å². The second kappa shape index (κ2) is 19.8. The van der Waals surface area contributed by atoms with Crippen LogP contribution in [-0.2, 0) is 45.6 Å². The van der Waals surface area contributed by atoms with Crippen molar-refractivity contribution in [2.24, 2.45) is 0 Å². The van der Waals surface area contributed by atoms with Crippen molar-refractivity contribution in [1.29, 1.82) is 0 Å². The zero-order valence-electron chi connectivity index (χ0n) is 45.4. The van der Waals surface area contributed by atoms with E-state index in [1.807, 2.05) is 114 Å². The standard InChI is InChI=1S/C64H44N5.Ir/c1-4-14-48(15-5-1)49-30-32-52(33-31-49)62-58(41-68-63-57-23-13-12-22-56(57)61-42-65-43-69(61)64(62)63)55-21-11-10-20-54(55)53-37-46(26-24-44-28-34-59(66-39-44)50-16-6-2-7-17-50)36-47(38-53)27-25-45-29-35-60(67-40-45)51-18-8-3-9-19-51;/h1-16,18,20-22,28-43H,24-27H2;/q-3;+3/i24D2,25D2,26D2,27D2;. The van der Waals surface area contributed by atoms with Crippen LogP contribution in [0.15, 0.2) is 219 Å². The maximum atomic E-state index is 9.78. The number of benzene rings is 7. The average molecular weight is 1080 g/mol. The van der Waals surface area contributed by atoms with Crippen molar-refractivity contribution in [3.8, 4) is 67.0 Å². The molecular weight excluding hydrogens is 1030 g/mol. The smallest absolute Gasteiger partial charge is 0.314 e. The molecule has 0 saturated heterocycles. The minimum Gasteiger partial charge on any atom is -0.314 e. The Morgan fingerprint density at radius 3 is 1.66 bits per heavy atom.